The van der Waals surface area contributed by atoms with Crippen molar-refractivity contribution in [2.75, 3.05) is 12.4 Å². The van der Waals surface area contributed by atoms with Crippen LogP contribution in [0.5, 0.6) is 5.75 Å². The van der Waals surface area contributed by atoms with Gasteiger partial charge in [-0.15, -0.1) is 0 Å². The second-order valence-electron chi connectivity index (χ2n) is 5.44. The van der Waals surface area contributed by atoms with Crippen molar-refractivity contribution in [1.29, 1.82) is 5.26 Å². The van der Waals surface area contributed by atoms with Gasteiger partial charge in [0.15, 0.2) is 0 Å². The van der Waals surface area contributed by atoms with Crippen LogP contribution in [0.2, 0.25) is 0 Å². The van der Waals surface area contributed by atoms with Crippen molar-refractivity contribution in [3.05, 3.63) is 84.1 Å². The maximum absolute atomic E-state index is 9.46. The second-order valence-corrected chi connectivity index (χ2v) is 5.44. The van der Waals surface area contributed by atoms with Crippen molar-refractivity contribution >= 4 is 16.5 Å². The molecule has 0 spiro atoms. The van der Waals surface area contributed by atoms with Gasteiger partial charge < -0.3 is 10.1 Å². The summed E-state index contributed by atoms with van der Waals surface area (Å²) < 4.78 is 5.43. The van der Waals surface area contributed by atoms with Gasteiger partial charge in [0, 0.05) is 29.3 Å². The summed E-state index contributed by atoms with van der Waals surface area (Å²) in [6.45, 7) is 0. The van der Waals surface area contributed by atoms with Crippen LogP contribution in [0.15, 0.2) is 78.5 Å². The third kappa shape index (κ3) is 3.39. The molecule has 118 valence electrons. The quantitative estimate of drug-likeness (QED) is 0.681. The van der Waals surface area contributed by atoms with Crippen molar-refractivity contribution < 1.29 is 4.74 Å². The van der Waals surface area contributed by atoms with Crippen molar-refractivity contribution in [3.63, 3.8) is 0 Å². The fraction of sp³-hybridized carbons (Fsp3) is 0.0952. The van der Waals surface area contributed by atoms with Crippen molar-refractivity contribution in [3.8, 4) is 11.8 Å². The van der Waals surface area contributed by atoms with Crippen molar-refractivity contribution in [1.82, 2.24) is 0 Å². The third-order valence-electron chi connectivity index (χ3n) is 3.91. The van der Waals surface area contributed by atoms with Gasteiger partial charge in [-0.3, -0.25) is 0 Å². The zero-order valence-electron chi connectivity index (χ0n) is 13.5. The van der Waals surface area contributed by atoms with E-state index in [2.05, 4.69) is 17.5 Å². The van der Waals surface area contributed by atoms with E-state index in [-0.39, 0.29) is 0 Å². The number of nitrogens with zero attached hydrogens (tertiary/aromatic N) is 1. The molecule has 0 amide bonds. The Hall–Kier alpha value is -3.25. The molecule has 0 aliphatic carbocycles. The number of para-hydroxylation sites is 1. The Morgan fingerprint density at radius 3 is 2.42 bits per heavy atom. The van der Waals surface area contributed by atoms with Gasteiger partial charge in [0.1, 0.15) is 5.75 Å². The number of methoxy groups -OCH3 is 1. The lowest BCUT2D eigenvalue weighted by atomic mass is 9.98. The van der Waals surface area contributed by atoms with Gasteiger partial charge >= 0.3 is 0 Å². The maximum atomic E-state index is 9.46. The standard InChI is InChI=1S/C21H18N2O/c1-24-21-12-11-17(19-9-5-6-10-20(19)21)13-16(14-22)15-23-18-7-3-2-4-8-18/h2-12,15,23H,13H2,1H3. The van der Waals surface area contributed by atoms with Gasteiger partial charge in [-0.2, -0.15) is 5.26 Å². The van der Waals surface area contributed by atoms with Crippen LogP contribution in [0.3, 0.4) is 0 Å². The smallest absolute Gasteiger partial charge is 0.126 e. The zero-order chi connectivity index (χ0) is 16.8. The minimum absolute atomic E-state index is 0.570. The third-order valence-corrected chi connectivity index (χ3v) is 3.91. The van der Waals surface area contributed by atoms with E-state index in [0.717, 1.165) is 27.8 Å². The topological polar surface area (TPSA) is 45.0 Å². The number of allylic oxidation sites excluding steroid dienone is 1. The van der Waals surface area contributed by atoms with Crippen LogP contribution in [0.4, 0.5) is 5.69 Å². The summed E-state index contributed by atoms with van der Waals surface area (Å²) in [4.78, 5) is 0. The van der Waals surface area contributed by atoms with E-state index < -0.39 is 0 Å². The minimum atomic E-state index is 0.570. The van der Waals surface area contributed by atoms with Crippen LogP contribution in [0.25, 0.3) is 10.8 Å². The molecule has 3 aromatic carbocycles. The molecule has 0 bridgehead atoms. The summed E-state index contributed by atoms with van der Waals surface area (Å²) in [5.41, 5.74) is 2.74. The lowest BCUT2D eigenvalue weighted by Gasteiger charge is -2.10. The number of ether oxygens (including phenoxy) is 1. The Bertz CT molecular complexity index is 908. The highest BCUT2D eigenvalue weighted by molar-refractivity contribution is 5.91. The Morgan fingerprint density at radius 1 is 1.00 bits per heavy atom. The van der Waals surface area contributed by atoms with Crippen LogP contribution in [-0.4, -0.2) is 7.11 Å². The molecule has 0 unspecified atom stereocenters. The van der Waals surface area contributed by atoms with Gasteiger partial charge in [-0.05, 0) is 29.1 Å². The van der Waals surface area contributed by atoms with Crippen LogP contribution in [-0.2, 0) is 6.42 Å². The van der Waals surface area contributed by atoms with E-state index >= 15 is 0 Å². The molecule has 3 heteroatoms. The molecule has 1 N–H and O–H groups in total. The SMILES string of the molecule is COc1ccc(CC(C#N)=CNc2ccccc2)c2ccccc12. The normalized spacial score (nSPS) is 11.1. The predicted molar refractivity (Wildman–Crippen MR) is 98.0 cm³/mol. The molecule has 0 heterocycles. The summed E-state index contributed by atoms with van der Waals surface area (Å²) in [5, 5.41) is 14.8. The fourth-order valence-electron chi connectivity index (χ4n) is 2.70. The fourth-order valence-corrected chi connectivity index (χ4v) is 2.70. The van der Waals surface area contributed by atoms with E-state index in [4.69, 9.17) is 4.74 Å². The van der Waals surface area contributed by atoms with Gasteiger partial charge in [-0.25, -0.2) is 0 Å². The summed E-state index contributed by atoms with van der Waals surface area (Å²) >= 11 is 0. The summed E-state index contributed by atoms with van der Waals surface area (Å²) in [6.07, 6.45) is 2.34. The highest BCUT2D eigenvalue weighted by Gasteiger charge is 2.08. The van der Waals surface area contributed by atoms with Gasteiger partial charge in [0.2, 0.25) is 0 Å². The second kappa shape index (κ2) is 7.34. The lowest BCUT2D eigenvalue weighted by Crippen LogP contribution is -1.96. The van der Waals surface area contributed by atoms with Crippen molar-refractivity contribution in [2.45, 2.75) is 6.42 Å². The Kier molecular flexibility index (Phi) is 4.78. The highest BCUT2D eigenvalue weighted by Crippen LogP contribution is 2.29. The summed E-state index contributed by atoms with van der Waals surface area (Å²) in [7, 11) is 1.67. The molecule has 3 rings (SSSR count). The van der Waals surface area contributed by atoms with E-state index in [9.17, 15) is 5.26 Å². The summed E-state index contributed by atoms with van der Waals surface area (Å²) in [6, 6.07) is 24.2. The zero-order valence-corrected chi connectivity index (χ0v) is 13.5. The van der Waals surface area contributed by atoms with E-state index in [0.29, 0.717) is 12.0 Å². The molecule has 0 atom stereocenters. The van der Waals surface area contributed by atoms with Gasteiger partial charge in [-0.1, -0.05) is 48.5 Å². The molecule has 3 aromatic rings. The molecule has 3 nitrogen and oxygen atoms in total. The maximum Gasteiger partial charge on any atom is 0.126 e. The molecule has 0 aliphatic heterocycles. The summed E-state index contributed by atoms with van der Waals surface area (Å²) in [5.74, 6) is 0.847. The average Bonchev–Trinajstić information content (AvgIpc) is 2.66. The first kappa shape index (κ1) is 15.6. The molecule has 0 saturated heterocycles. The average molecular weight is 314 g/mol. The van der Waals surface area contributed by atoms with Crippen LogP contribution in [0.1, 0.15) is 5.56 Å². The lowest BCUT2D eigenvalue weighted by molar-refractivity contribution is 0.419. The Balaban J connectivity index is 1.89. The van der Waals surface area contributed by atoms with Crippen molar-refractivity contribution in [2.24, 2.45) is 0 Å². The van der Waals surface area contributed by atoms with Gasteiger partial charge in [0.25, 0.3) is 0 Å². The highest BCUT2D eigenvalue weighted by atomic mass is 16.5. The molecule has 24 heavy (non-hydrogen) atoms. The van der Waals surface area contributed by atoms with E-state index in [1.165, 1.54) is 0 Å². The molecule has 0 saturated carbocycles. The number of nitriles is 1. The molecular weight excluding hydrogens is 296 g/mol. The number of hydrogen-bond donors (Lipinski definition) is 1. The largest absolute Gasteiger partial charge is 0.496 e. The first-order valence-electron chi connectivity index (χ1n) is 7.77. The van der Waals surface area contributed by atoms with Crippen LogP contribution >= 0.6 is 0 Å². The van der Waals surface area contributed by atoms with Crippen LogP contribution in [0, 0.1) is 11.3 Å². The van der Waals surface area contributed by atoms with E-state index in [1.807, 2.05) is 60.7 Å². The molecule has 0 radical (unpaired) electrons. The minimum Gasteiger partial charge on any atom is -0.496 e. The van der Waals surface area contributed by atoms with Crippen LogP contribution < -0.4 is 10.1 Å². The number of hydrogen-bond acceptors (Lipinski definition) is 3. The van der Waals surface area contributed by atoms with E-state index in [1.54, 1.807) is 13.3 Å². The molecule has 0 aromatic heterocycles. The monoisotopic (exact) mass is 314 g/mol. The van der Waals surface area contributed by atoms with Gasteiger partial charge in [0.05, 0.1) is 13.2 Å². The number of rotatable bonds is 5. The Labute approximate surface area is 141 Å². The number of nitrogens with one attached hydrogen (secondary N) is 1. The number of anilines is 1. The molecule has 0 fully saturated rings. The number of fused-ring (bicyclic) bond motifs is 1. The first-order valence-corrected chi connectivity index (χ1v) is 7.77. The first-order chi connectivity index (χ1) is 11.8. The molecule has 0 aliphatic rings. The predicted octanol–water partition coefficient (Wildman–Crippen LogP) is 4.91. The molecular formula is C21H18N2O. The number of benzene rings is 3. The Morgan fingerprint density at radius 2 is 1.71 bits per heavy atom.